The second kappa shape index (κ2) is 7.54. The highest BCUT2D eigenvalue weighted by atomic mass is 32.2. The summed E-state index contributed by atoms with van der Waals surface area (Å²) in [5.41, 5.74) is -0.0606. The number of carbonyl (C=O) groups excluding carboxylic acids is 1. The number of quaternary nitrogens is 1. The summed E-state index contributed by atoms with van der Waals surface area (Å²) in [4.78, 5) is 11.8. The van der Waals surface area contributed by atoms with Crippen LogP contribution in [0.15, 0.2) is 53.4 Å². The van der Waals surface area contributed by atoms with Gasteiger partial charge in [-0.3, -0.25) is 0 Å². The van der Waals surface area contributed by atoms with Crippen molar-refractivity contribution >= 4 is 21.5 Å². The third kappa shape index (κ3) is 4.18. The van der Waals surface area contributed by atoms with Crippen LogP contribution in [0.5, 0.6) is 0 Å². The van der Waals surface area contributed by atoms with Crippen molar-refractivity contribution in [3.63, 3.8) is 0 Å². The zero-order valence-electron chi connectivity index (χ0n) is 12.9. The van der Waals surface area contributed by atoms with Gasteiger partial charge in [0, 0.05) is 11.6 Å². The zero-order chi connectivity index (χ0) is 17.7. The van der Waals surface area contributed by atoms with E-state index in [9.17, 15) is 23.6 Å². The van der Waals surface area contributed by atoms with Gasteiger partial charge in [0.05, 0.1) is 22.8 Å². The third-order valence-electron chi connectivity index (χ3n) is 3.30. The molecule has 0 aromatic heterocycles. The highest BCUT2D eigenvalue weighted by Gasteiger charge is 2.21. The Bertz CT molecular complexity index is 818. The molecule has 0 fully saturated rings. The lowest BCUT2D eigenvalue weighted by atomic mass is 10.1. The minimum absolute atomic E-state index is 0.0649. The highest BCUT2D eigenvalue weighted by Crippen LogP contribution is 2.21. The van der Waals surface area contributed by atoms with E-state index in [1.165, 1.54) is 24.3 Å². The van der Waals surface area contributed by atoms with Crippen molar-refractivity contribution in [3.8, 4) is 0 Å². The number of sulfone groups is 1. The lowest BCUT2D eigenvalue weighted by molar-refractivity contribution is -0.991. The van der Waals surface area contributed by atoms with Gasteiger partial charge >= 0.3 is 5.97 Å². The van der Waals surface area contributed by atoms with Crippen LogP contribution in [0.25, 0.3) is 0 Å². The Morgan fingerprint density at radius 3 is 2.46 bits per heavy atom. The first kappa shape index (κ1) is 18.1. The summed E-state index contributed by atoms with van der Waals surface area (Å²) in [5, 5.41) is 19.4. The number of esters is 1. The summed E-state index contributed by atoms with van der Waals surface area (Å²) in [5.74, 6) is -1.13. The zero-order valence-corrected chi connectivity index (χ0v) is 13.7. The van der Waals surface area contributed by atoms with Crippen molar-refractivity contribution in [2.45, 2.75) is 17.6 Å². The third-order valence-corrected chi connectivity index (χ3v) is 4.98. The first-order valence-electron chi connectivity index (χ1n) is 7.16. The minimum atomic E-state index is -3.69. The molecule has 2 aromatic rings. The van der Waals surface area contributed by atoms with E-state index in [0.29, 0.717) is 0 Å². The SMILES string of the molecule is CCOC(=O)c1ccc(CS(=O)(=O)c2ccccc2)c([NH+]([O-])O)c1. The highest BCUT2D eigenvalue weighted by molar-refractivity contribution is 7.90. The average molecular weight is 351 g/mol. The van der Waals surface area contributed by atoms with Crippen LogP contribution in [0.3, 0.4) is 0 Å². The molecule has 0 aliphatic carbocycles. The Hall–Kier alpha value is -2.26. The molecule has 0 amide bonds. The fraction of sp³-hybridized carbons (Fsp3) is 0.188. The molecule has 1 unspecified atom stereocenters. The standard InChI is InChI=1S/C16H17NO6S/c1-2-23-16(18)12-8-9-13(15(10-12)17(19)20)11-24(21,22)14-6-4-3-5-7-14/h3-10,17,19H,2,11H2,1H3. The number of benzene rings is 2. The van der Waals surface area contributed by atoms with E-state index in [4.69, 9.17) is 4.74 Å². The Morgan fingerprint density at radius 1 is 1.21 bits per heavy atom. The van der Waals surface area contributed by atoms with Crippen LogP contribution in [0, 0.1) is 5.21 Å². The largest absolute Gasteiger partial charge is 0.595 e. The Balaban J connectivity index is 2.38. The van der Waals surface area contributed by atoms with Gasteiger partial charge in [0.25, 0.3) is 0 Å². The van der Waals surface area contributed by atoms with Crippen LogP contribution in [0.2, 0.25) is 0 Å². The van der Waals surface area contributed by atoms with Gasteiger partial charge in [-0.1, -0.05) is 24.3 Å². The van der Waals surface area contributed by atoms with Gasteiger partial charge in [0.2, 0.25) is 0 Å². The second-order valence-electron chi connectivity index (χ2n) is 4.97. The summed E-state index contributed by atoms with van der Waals surface area (Å²) in [6.45, 7) is 1.79. The van der Waals surface area contributed by atoms with E-state index in [1.807, 2.05) is 0 Å². The molecule has 7 nitrogen and oxygen atoms in total. The Kier molecular flexibility index (Phi) is 5.68. The molecule has 24 heavy (non-hydrogen) atoms. The van der Waals surface area contributed by atoms with Gasteiger partial charge in [-0.2, -0.15) is 5.23 Å². The Labute approximate surface area is 139 Å². The number of carbonyl (C=O) groups is 1. The number of hydrogen-bond acceptors (Lipinski definition) is 6. The number of rotatable bonds is 6. The van der Waals surface area contributed by atoms with Gasteiger partial charge in [0.15, 0.2) is 15.5 Å². The van der Waals surface area contributed by atoms with E-state index >= 15 is 0 Å². The first-order valence-corrected chi connectivity index (χ1v) is 8.81. The van der Waals surface area contributed by atoms with E-state index in [2.05, 4.69) is 0 Å². The molecule has 0 bridgehead atoms. The first-order chi connectivity index (χ1) is 11.3. The maximum atomic E-state index is 12.4. The van der Waals surface area contributed by atoms with Gasteiger partial charge < -0.3 is 9.94 Å². The molecule has 128 valence electrons. The topological polar surface area (TPSA) is 108 Å². The van der Waals surface area contributed by atoms with Crippen LogP contribution >= 0.6 is 0 Å². The molecule has 0 spiro atoms. The molecule has 0 radical (unpaired) electrons. The lowest BCUT2D eigenvalue weighted by Crippen LogP contribution is -2.99. The van der Waals surface area contributed by atoms with Crippen molar-refractivity contribution in [1.29, 1.82) is 0 Å². The quantitative estimate of drug-likeness (QED) is 0.599. The number of hydrogen-bond donors (Lipinski definition) is 2. The average Bonchev–Trinajstić information content (AvgIpc) is 2.55. The van der Waals surface area contributed by atoms with Crippen molar-refractivity contribution < 1.29 is 28.4 Å². The van der Waals surface area contributed by atoms with Gasteiger partial charge in [-0.15, -0.1) is 0 Å². The maximum absolute atomic E-state index is 12.4. The summed E-state index contributed by atoms with van der Waals surface area (Å²) in [6.07, 6.45) is 0. The minimum Gasteiger partial charge on any atom is -0.595 e. The fourth-order valence-electron chi connectivity index (χ4n) is 2.16. The molecule has 0 saturated carbocycles. The van der Waals surface area contributed by atoms with Crippen LogP contribution in [-0.2, 0) is 20.3 Å². The van der Waals surface area contributed by atoms with Crippen molar-refractivity contribution in [3.05, 3.63) is 64.9 Å². The molecule has 8 heteroatoms. The predicted octanol–water partition coefficient (Wildman–Crippen LogP) is 1.24. The van der Waals surface area contributed by atoms with Gasteiger partial charge in [-0.25, -0.2) is 18.4 Å². The van der Waals surface area contributed by atoms with E-state index in [-0.39, 0.29) is 28.3 Å². The lowest BCUT2D eigenvalue weighted by Gasteiger charge is -2.16. The van der Waals surface area contributed by atoms with Crippen LogP contribution in [0.4, 0.5) is 5.69 Å². The smallest absolute Gasteiger partial charge is 0.338 e. The maximum Gasteiger partial charge on any atom is 0.338 e. The molecule has 0 aliphatic rings. The summed E-state index contributed by atoms with van der Waals surface area (Å²) < 4.78 is 29.6. The van der Waals surface area contributed by atoms with Crippen molar-refractivity contribution in [1.82, 2.24) is 0 Å². The van der Waals surface area contributed by atoms with Crippen LogP contribution in [0.1, 0.15) is 22.8 Å². The van der Waals surface area contributed by atoms with E-state index < -0.39 is 26.8 Å². The predicted molar refractivity (Wildman–Crippen MR) is 85.5 cm³/mol. The summed E-state index contributed by atoms with van der Waals surface area (Å²) >= 11 is 0. The molecular weight excluding hydrogens is 334 g/mol. The molecule has 0 saturated heterocycles. The Morgan fingerprint density at radius 2 is 1.88 bits per heavy atom. The number of ether oxygens (including phenoxy) is 1. The van der Waals surface area contributed by atoms with Crippen LogP contribution in [-0.4, -0.2) is 26.2 Å². The van der Waals surface area contributed by atoms with Gasteiger partial charge in [0.1, 0.15) is 0 Å². The summed E-state index contributed by atoms with van der Waals surface area (Å²) in [6, 6.07) is 11.6. The molecule has 0 heterocycles. The van der Waals surface area contributed by atoms with E-state index in [0.717, 1.165) is 6.07 Å². The molecule has 0 aliphatic heterocycles. The van der Waals surface area contributed by atoms with Crippen LogP contribution < -0.4 is 5.23 Å². The van der Waals surface area contributed by atoms with Gasteiger partial charge in [-0.05, 0) is 25.1 Å². The second-order valence-corrected chi connectivity index (χ2v) is 6.96. The van der Waals surface area contributed by atoms with Crippen molar-refractivity contribution in [2.75, 3.05) is 6.61 Å². The summed E-state index contributed by atoms with van der Waals surface area (Å²) in [7, 11) is -3.69. The number of nitrogens with one attached hydrogen (secondary N) is 1. The normalized spacial score (nSPS) is 12.6. The molecule has 2 N–H and O–H groups in total. The van der Waals surface area contributed by atoms with E-state index in [1.54, 1.807) is 25.1 Å². The molecular formula is C16H17NO6S. The molecule has 1 atom stereocenters. The monoisotopic (exact) mass is 351 g/mol. The molecule has 2 rings (SSSR count). The molecule has 2 aromatic carbocycles. The fourth-order valence-corrected chi connectivity index (χ4v) is 3.56. The van der Waals surface area contributed by atoms with Crippen molar-refractivity contribution in [2.24, 2.45) is 0 Å².